The monoisotopic (exact) mass is 248 g/mol. The molecule has 0 saturated heterocycles. The Hall–Kier alpha value is -0.260. The summed E-state index contributed by atoms with van der Waals surface area (Å²) >= 11 is 0. The Kier molecular flexibility index (Phi) is 5.79. The van der Waals surface area contributed by atoms with Gasteiger partial charge in [-0.1, -0.05) is 38.8 Å². The largest absolute Gasteiger partial charge is 0.0888 e. The van der Waals surface area contributed by atoms with Crippen LogP contribution in [0.25, 0.3) is 0 Å². The summed E-state index contributed by atoms with van der Waals surface area (Å²) in [6, 6.07) is 0. The van der Waals surface area contributed by atoms with Crippen molar-refractivity contribution < 1.29 is 0 Å². The fourth-order valence-corrected chi connectivity index (χ4v) is 4.11. The van der Waals surface area contributed by atoms with Crippen LogP contribution >= 0.6 is 0 Å². The highest BCUT2D eigenvalue weighted by Crippen LogP contribution is 2.41. The van der Waals surface area contributed by atoms with Gasteiger partial charge in [0.25, 0.3) is 0 Å². The third-order valence-electron chi connectivity index (χ3n) is 5.49. The molecule has 2 rings (SSSR count). The topological polar surface area (TPSA) is 0 Å². The lowest BCUT2D eigenvalue weighted by molar-refractivity contribution is 0.151. The van der Waals surface area contributed by atoms with Gasteiger partial charge in [-0.2, -0.15) is 0 Å². The molecule has 18 heavy (non-hydrogen) atoms. The highest BCUT2D eigenvalue weighted by atomic mass is 14.3. The molecule has 0 spiro atoms. The maximum Gasteiger partial charge on any atom is -0.0322 e. The fraction of sp³-hybridized carbons (Fsp3) is 0.889. The summed E-state index contributed by atoms with van der Waals surface area (Å²) < 4.78 is 0. The SMILES string of the molecule is CCC=CCC1CCC(C2CCC(C)CC2)CC1. The van der Waals surface area contributed by atoms with Gasteiger partial charge in [0.15, 0.2) is 0 Å². The Morgan fingerprint density at radius 3 is 1.89 bits per heavy atom. The lowest BCUT2D eigenvalue weighted by Crippen LogP contribution is -2.25. The standard InChI is InChI=1S/C18H32/c1-3-4-5-6-16-9-13-18(14-10-16)17-11-7-15(2)8-12-17/h4-5,15-18H,3,6-14H2,1-2H3. The molecular weight excluding hydrogens is 216 g/mol. The van der Waals surface area contributed by atoms with Crippen molar-refractivity contribution in [3.63, 3.8) is 0 Å². The minimum absolute atomic E-state index is 1.01. The van der Waals surface area contributed by atoms with Gasteiger partial charge in [0, 0.05) is 0 Å². The molecule has 0 N–H and O–H groups in total. The third-order valence-corrected chi connectivity index (χ3v) is 5.49. The second-order valence-corrected chi connectivity index (χ2v) is 6.92. The van der Waals surface area contributed by atoms with Crippen LogP contribution in [0, 0.1) is 23.7 Å². The Labute approximate surface area is 114 Å². The number of allylic oxidation sites excluding steroid dienone is 2. The van der Waals surface area contributed by atoms with Crippen molar-refractivity contribution in [1.29, 1.82) is 0 Å². The lowest BCUT2D eigenvalue weighted by Gasteiger charge is -2.37. The predicted molar refractivity (Wildman–Crippen MR) is 80.6 cm³/mol. The minimum atomic E-state index is 1.01. The van der Waals surface area contributed by atoms with E-state index in [-0.39, 0.29) is 0 Å². The van der Waals surface area contributed by atoms with Crippen LogP contribution in [0.4, 0.5) is 0 Å². The van der Waals surface area contributed by atoms with Crippen LogP contribution in [-0.4, -0.2) is 0 Å². The second-order valence-electron chi connectivity index (χ2n) is 6.92. The van der Waals surface area contributed by atoms with E-state index in [1.54, 1.807) is 0 Å². The number of rotatable bonds is 4. The van der Waals surface area contributed by atoms with E-state index >= 15 is 0 Å². The predicted octanol–water partition coefficient (Wildman–Crippen LogP) is 5.98. The molecule has 104 valence electrons. The molecule has 0 heterocycles. The Bertz CT molecular complexity index is 237. The van der Waals surface area contributed by atoms with Crippen LogP contribution in [0.2, 0.25) is 0 Å². The van der Waals surface area contributed by atoms with E-state index in [9.17, 15) is 0 Å². The molecule has 0 aromatic rings. The van der Waals surface area contributed by atoms with E-state index in [1.165, 1.54) is 64.2 Å². The average Bonchev–Trinajstić information content (AvgIpc) is 2.41. The molecule has 2 aliphatic rings. The first-order chi connectivity index (χ1) is 8.79. The maximum absolute atomic E-state index is 2.44. The van der Waals surface area contributed by atoms with Crippen molar-refractivity contribution in [2.75, 3.05) is 0 Å². The van der Waals surface area contributed by atoms with Gasteiger partial charge < -0.3 is 0 Å². The van der Waals surface area contributed by atoms with Crippen LogP contribution in [0.1, 0.15) is 78.1 Å². The van der Waals surface area contributed by atoms with Gasteiger partial charge in [-0.05, 0) is 75.0 Å². The van der Waals surface area contributed by atoms with E-state index in [2.05, 4.69) is 26.0 Å². The number of hydrogen-bond acceptors (Lipinski definition) is 0. The van der Waals surface area contributed by atoms with Crippen molar-refractivity contribution in [1.82, 2.24) is 0 Å². The highest BCUT2D eigenvalue weighted by Gasteiger charge is 2.29. The van der Waals surface area contributed by atoms with Crippen LogP contribution in [0.15, 0.2) is 12.2 Å². The molecule has 2 aliphatic carbocycles. The molecule has 0 atom stereocenters. The Balaban J connectivity index is 1.68. The normalized spacial score (nSPS) is 38.1. The van der Waals surface area contributed by atoms with Crippen molar-refractivity contribution in [3.05, 3.63) is 12.2 Å². The summed E-state index contributed by atoms with van der Waals surface area (Å²) in [6.07, 6.45) is 19.5. The van der Waals surface area contributed by atoms with Gasteiger partial charge in [0.1, 0.15) is 0 Å². The molecular formula is C18H32. The highest BCUT2D eigenvalue weighted by molar-refractivity contribution is 4.87. The molecule has 0 heteroatoms. The van der Waals surface area contributed by atoms with Gasteiger partial charge in [-0.3, -0.25) is 0 Å². The summed E-state index contributed by atoms with van der Waals surface area (Å²) in [6.45, 7) is 4.67. The molecule has 0 nitrogen and oxygen atoms in total. The lowest BCUT2D eigenvalue weighted by atomic mass is 9.69. The summed E-state index contributed by atoms with van der Waals surface area (Å²) in [7, 11) is 0. The molecule has 0 radical (unpaired) electrons. The second kappa shape index (κ2) is 7.36. The van der Waals surface area contributed by atoms with Crippen molar-refractivity contribution in [2.24, 2.45) is 23.7 Å². The van der Waals surface area contributed by atoms with Crippen LogP contribution in [-0.2, 0) is 0 Å². The number of hydrogen-bond donors (Lipinski definition) is 0. The first-order valence-electron chi connectivity index (χ1n) is 8.44. The smallest absolute Gasteiger partial charge is 0.0322 e. The molecule has 0 aromatic carbocycles. The van der Waals surface area contributed by atoms with Gasteiger partial charge in [-0.25, -0.2) is 0 Å². The fourth-order valence-electron chi connectivity index (χ4n) is 4.11. The zero-order valence-corrected chi connectivity index (χ0v) is 12.5. The minimum Gasteiger partial charge on any atom is -0.0888 e. The first-order valence-corrected chi connectivity index (χ1v) is 8.44. The van der Waals surface area contributed by atoms with Gasteiger partial charge >= 0.3 is 0 Å². The van der Waals surface area contributed by atoms with Crippen molar-refractivity contribution >= 4 is 0 Å². The Morgan fingerprint density at radius 2 is 1.33 bits per heavy atom. The van der Waals surface area contributed by atoms with E-state index in [4.69, 9.17) is 0 Å². The summed E-state index contributed by atoms with van der Waals surface area (Å²) in [5, 5.41) is 0. The maximum atomic E-state index is 2.44. The first kappa shape index (κ1) is 14.2. The van der Waals surface area contributed by atoms with E-state index in [0.717, 1.165) is 23.7 Å². The van der Waals surface area contributed by atoms with Crippen LogP contribution in [0.3, 0.4) is 0 Å². The molecule has 0 amide bonds. The molecule has 0 bridgehead atoms. The average molecular weight is 248 g/mol. The van der Waals surface area contributed by atoms with E-state index < -0.39 is 0 Å². The molecule has 0 aliphatic heterocycles. The summed E-state index contributed by atoms with van der Waals surface area (Å²) in [4.78, 5) is 0. The van der Waals surface area contributed by atoms with E-state index in [0.29, 0.717) is 0 Å². The van der Waals surface area contributed by atoms with Gasteiger partial charge in [0.2, 0.25) is 0 Å². The van der Waals surface area contributed by atoms with Crippen LogP contribution < -0.4 is 0 Å². The molecule has 2 saturated carbocycles. The summed E-state index contributed by atoms with van der Waals surface area (Å²) in [5.41, 5.74) is 0. The third kappa shape index (κ3) is 4.14. The summed E-state index contributed by atoms with van der Waals surface area (Å²) in [5.74, 6) is 4.19. The van der Waals surface area contributed by atoms with Crippen molar-refractivity contribution in [3.8, 4) is 0 Å². The molecule has 0 unspecified atom stereocenters. The quantitative estimate of drug-likeness (QED) is 0.537. The van der Waals surface area contributed by atoms with Crippen LogP contribution in [0.5, 0.6) is 0 Å². The van der Waals surface area contributed by atoms with Gasteiger partial charge in [-0.15, -0.1) is 0 Å². The van der Waals surface area contributed by atoms with Gasteiger partial charge in [0.05, 0.1) is 0 Å². The molecule has 0 aromatic heterocycles. The molecule has 2 fully saturated rings. The van der Waals surface area contributed by atoms with E-state index in [1.807, 2.05) is 0 Å². The van der Waals surface area contributed by atoms with Crippen molar-refractivity contribution in [2.45, 2.75) is 78.1 Å². The Morgan fingerprint density at radius 1 is 0.778 bits per heavy atom. The zero-order chi connectivity index (χ0) is 12.8. The zero-order valence-electron chi connectivity index (χ0n) is 12.5.